The van der Waals surface area contributed by atoms with Crippen molar-refractivity contribution in [1.29, 1.82) is 0 Å². The third kappa shape index (κ3) is 6.19. The van der Waals surface area contributed by atoms with Crippen LogP contribution >= 0.6 is 0 Å². The highest BCUT2D eigenvalue weighted by Crippen LogP contribution is 2.41. The van der Waals surface area contributed by atoms with Gasteiger partial charge >= 0.3 is 0 Å². The molecule has 0 aliphatic carbocycles. The number of rotatable bonds is 7. The van der Waals surface area contributed by atoms with Gasteiger partial charge in [-0.2, -0.15) is 0 Å². The van der Waals surface area contributed by atoms with Gasteiger partial charge in [-0.1, -0.05) is 170 Å². The predicted molar refractivity (Wildman–Crippen MR) is 248 cm³/mol. The molecule has 12 aromatic rings. The largest absolute Gasteiger partial charge is 0.456 e. The summed E-state index contributed by atoms with van der Waals surface area (Å²) in [4.78, 5) is 25.6. The molecule has 4 aromatic heterocycles. The first-order chi connectivity index (χ1) is 30.7. The average molecular weight is 796 g/mol. The topological polar surface area (TPSA) is 90.7 Å². The molecule has 0 saturated carbocycles. The third-order valence-corrected chi connectivity index (χ3v) is 11.4. The van der Waals surface area contributed by atoms with Crippen LogP contribution in [-0.4, -0.2) is 24.9 Å². The van der Waals surface area contributed by atoms with E-state index in [1.165, 1.54) is 0 Å². The highest BCUT2D eigenvalue weighted by atomic mass is 16.3. The molecule has 0 amide bonds. The fraction of sp³-hybridized carbons (Fsp3) is 0. The average Bonchev–Trinajstić information content (AvgIpc) is 3.93. The van der Waals surface area contributed by atoms with Crippen LogP contribution < -0.4 is 0 Å². The predicted octanol–water partition coefficient (Wildman–Crippen LogP) is 14.1. The molecule has 0 radical (unpaired) electrons. The number of hydrogen-bond donors (Lipinski definition) is 0. The van der Waals surface area contributed by atoms with E-state index >= 15 is 0 Å². The number of fused-ring (bicyclic) bond motifs is 6. The molecule has 0 N–H and O–H groups in total. The van der Waals surface area contributed by atoms with Crippen molar-refractivity contribution in [3.63, 3.8) is 0 Å². The minimum Gasteiger partial charge on any atom is -0.456 e. The zero-order valence-electron chi connectivity index (χ0n) is 33.1. The smallest absolute Gasteiger partial charge is 0.180 e. The Bertz CT molecular complexity index is 3620. The highest BCUT2D eigenvalue weighted by Gasteiger charge is 2.22. The first-order valence-corrected chi connectivity index (χ1v) is 20.5. The molecule has 0 saturated heterocycles. The molecule has 4 heterocycles. The Morgan fingerprint density at radius 2 is 0.790 bits per heavy atom. The van der Waals surface area contributed by atoms with Crippen molar-refractivity contribution in [2.45, 2.75) is 0 Å². The number of para-hydroxylation sites is 1. The molecule has 0 atom stereocenters. The van der Waals surface area contributed by atoms with Crippen LogP contribution in [0.4, 0.5) is 0 Å². The number of aromatic nitrogens is 5. The molecule has 0 unspecified atom stereocenters. The fourth-order valence-electron chi connectivity index (χ4n) is 8.33. The fourth-order valence-corrected chi connectivity index (χ4v) is 8.33. The van der Waals surface area contributed by atoms with E-state index in [1.807, 2.05) is 103 Å². The molecule has 0 bridgehead atoms. The van der Waals surface area contributed by atoms with Gasteiger partial charge in [-0.25, -0.2) is 24.9 Å². The summed E-state index contributed by atoms with van der Waals surface area (Å²) in [5, 5.41) is 3.02. The van der Waals surface area contributed by atoms with Crippen LogP contribution in [0, 0.1) is 0 Å². The first kappa shape index (κ1) is 35.4. The zero-order chi connectivity index (χ0) is 41.0. The Kier molecular flexibility index (Phi) is 8.35. The van der Waals surface area contributed by atoms with Crippen LogP contribution in [0.25, 0.3) is 123 Å². The van der Waals surface area contributed by atoms with Crippen LogP contribution in [0.3, 0.4) is 0 Å². The minimum absolute atomic E-state index is 0.573. The standard InChI is InChI=1S/C55H33N5O2/c1-4-14-34(15-5-1)35-26-28-38(29-27-35)53-58-52(37-18-8-3-9-19-37)59-55(60-53)40-21-12-20-39(32-40)42-23-13-25-46-48(42)50-51(62-46)49(36-16-6-2-7-17-36)56-54(57-50)41-30-31-44-43-22-10-11-24-45(43)61-47(44)33-41/h1-33H. The summed E-state index contributed by atoms with van der Waals surface area (Å²) >= 11 is 0. The van der Waals surface area contributed by atoms with E-state index in [0.717, 1.165) is 82.9 Å². The quantitative estimate of drug-likeness (QED) is 0.159. The molecule has 290 valence electrons. The van der Waals surface area contributed by atoms with Crippen LogP contribution in [-0.2, 0) is 0 Å². The molecule has 0 fully saturated rings. The lowest BCUT2D eigenvalue weighted by molar-refractivity contribution is 0.667. The second kappa shape index (κ2) is 14.6. The highest BCUT2D eigenvalue weighted by molar-refractivity contribution is 6.14. The summed E-state index contributed by atoms with van der Waals surface area (Å²) in [7, 11) is 0. The van der Waals surface area contributed by atoms with Gasteiger partial charge in [0.2, 0.25) is 0 Å². The molecule has 12 rings (SSSR count). The number of hydrogen-bond acceptors (Lipinski definition) is 7. The van der Waals surface area contributed by atoms with Crippen molar-refractivity contribution in [3.8, 4) is 79.1 Å². The molecule has 0 spiro atoms. The molecule has 0 aliphatic rings. The van der Waals surface area contributed by atoms with Gasteiger partial charge in [-0.3, -0.25) is 0 Å². The Labute approximate surface area is 355 Å². The maximum Gasteiger partial charge on any atom is 0.180 e. The number of benzene rings is 8. The summed E-state index contributed by atoms with van der Waals surface area (Å²) in [6, 6.07) is 67.6. The molecule has 7 heteroatoms. The van der Waals surface area contributed by atoms with Crippen LogP contribution in [0.2, 0.25) is 0 Å². The van der Waals surface area contributed by atoms with Crippen molar-refractivity contribution >= 4 is 44.0 Å². The number of furan rings is 2. The lowest BCUT2D eigenvalue weighted by atomic mass is 9.98. The number of nitrogens with zero attached hydrogens (tertiary/aromatic N) is 5. The van der Waals surface area contributed by atoms with Gasteiger partial charge in [-0.15, -0.1) is 0 Å². The molecule has 62 heavy (non-hydrogen) atoms. The van der Waals surface area contributed by atoms with E-state index in [0.29, 0.717) is 40.2 Å². The Balaban J connectivity index is 1.01. The normalized spacial score (nSPS) is 11.5. The van der Waals surface area contributed by atoms with E-state index in [9.17, 15) is 0 Å². The van der Waals surface area contributed by atoms with Gasteiger partial charge in [0.25, 0.3) is 0 Å². The van der Waals surface area contributed by atoms with E-state index in [1.54, 1.807) is 0 Å². The Hall–Kier alpha value is -8.55. The lowest BCUT2D eigenvalue weighted by Gasteiger charge is -2.11. The van der Waals surface area contributed by atoms with Gasteiger partial charge in [0.05, 0.1) is 5.39 Å². The van der Waals surface area contributed by atoms with Crippen LogP contribution in [0.1, 0.15) is 0 Å². The van der Waals surface area contributed by atoms with Crippen molar-refractivity contribution in [2.75, 3.05) is 0 Å². The van der Waals surface area contributed by atoms with Gasteiger partial charge in [0, 0.05) is 38.6 Å². The lowest BCUT2D eigenvalue weighted by Crippen LogP contribution is -2.00. The van der Waals surface area contributed by atoms with Crippen LogP contribution in [0.5, 0.6) is 0 Å². The van der Waals surface area contributed by atoms with Crippen molar-refractivity contribution < 1.29 is 8.83 Å². The van der Waals surface area contributed by atoms with Gasteiger partial charge in [0.1, 0.15) is 28.0 Å². The Morgan fingerprint density at radius 1 is 0.290 bits per heavy atom. The van der Waals surface area contributed by atoms with E-state index in [4.69, 9.17) is 33.8 Å². The SMILES string of the molecule is c1ccc(-c2ccc(-c3nc(-c4ccccc4)nc(-c4cccc(-c5cccc6oc7c(-c8ccccc8)nc(-c8ccc9c(c8)oc8ccccc89)nc7c56)c4)n3)cc2)cc1. The maximum absolute atomic E-state index is 6.71. The molecule has 8 aromatic carbocycles. The maximum atomic E-state index is 6.71. The molecular weight excluding hydrogens is 763 g/mol. The summed E-state index contributed by atoms with van der Waals surface area (Å²) in [6.45, 7) is 0. The first-order valence-electron chi connectivity index (χ1n) is 20.5. The monoisotopic (exact) mass is 795 g/mol. The molecular formula is C55H33N5O2. The Morgan fingerprint density at radius 3 is 1.55 bits per heavy atom. The zero-order valence-corrected chi connectivity index (χ0v) is 33.1. The van der Waals surface area contributed by atoms with Crippen molar-refractivity contribution in [1.82, 2.24) is 24.9 Å². The third-order valence-electron chi connectivity index (χ3n) is 11.4. The summed E-state index contributed by atoms with van der Waals surface area (Å²) in [6.07, 6.45) is 0. The van der Waals surface area contributed by atoms with E-state index in [-0.39, 0.29) is 0 Å². The van der Waals surface area contributed by atoms with Crippen LogP contribution in [0.15, 0.2) is 209 Å². The molecule has 0 aliphatic heterocycles. The second-order valence-corrected chi connectivity index (χ2v) is 15.2. The summed E-state index contributed by atoms with van der Waals surface area (Å²) in [5.41, 5.74) is 13.1. The minimum atomic E-state index is 0.573. The second-order valence-electron chi connectivity index (χ2n) is 15.2. The van der Waals surface area contributed by atoms with Crippen molar-refractivity contribution in [3.05, 3.63) is 200 Å². The van der Waals surface area contributed by atoms with Gasteiger partial charge < -0.3 is 8.83 Å². The summed E-state index contributed by atoms with van der Waals surface area (Å²) in [5.74, 6) is 2.35. The molecule has 7 nitrogen and oxygen atoms in total. The van der Waals surface area contributed by atoms with E-state index < -0.39 is 0 Å². The van der Waals surface area contributed by atoms with E-state index in [2.05, 4.69) is 97.1 Å². The van der Waals surface area contributed by atoms with Gasteiger partial charge in [0.15, 0.2) is 28.9 Å². The van der Waals surface area contributed by atoms with Gasteiger partial charge in [-0.05, 0) is 52.6 Å². The summed E-state index contributed by atoms with van der Waals surface area (Å²) < 4.78 is 13.0. The van der Waals surface area contributed by atoms with Crippen molar-refractivity contribution in [2.24, 2.45) is 0 Å².